The summed E-state index contributed by atoms with van der Waals surface area (Å²) in [5.74, 6) is 0.450. The molecule has 1 saturated heterocycles. The van der Waals surface area contributed by atoms with Crippen molar-refractivity contribution in [1.29, 1.82) is 0 Å². The van der Waals surface area contributed by atoms with Crippen LogP contribution in [0.1, 0.15) is 28.9 Å². The van der Waals surface area contributed by atoms with E-state index >= 15 is 0 Å². The Labute approximate surface area is 199 Å². The van der Waals surface area contributed by atoms with Crippen LogP contribution in [0.4, 0.5) is 5.13 Å². The van der Waals surface area contributed by atoms with Gasteiger partial charge in [0.15, 0.2) is 16.5 Å². The van der Waals surface area contributed by atoms with Gasteiger partial charge in [0.05, 0.1) is 45.8 Å². The number of amides is 1. The van der Waals surface area contributed by atoms with Gasteiger partial charge in [-0.15, -0.1) is 0 Å². The number of rotatable bonds is 5. The summed E-state index contributed by atoms with van der Waals surface area (Å²) in [6.07, 6.45) is 3.50. The molecule has 0 N–H and O–H groups in total. The van der Waals surface area contributed by atoms with Gasteiger partial charge in [-0.05, 0) is 50.1 Å². The Bertz CT molecular complexity index is 1470. The van der Waals surface area contributed by atoms with Gasteiger partial charge in [0.2, 0.25) is 0 Å². The SMILES string of the molecule is Cc1nn(C)c2nc(-c3ccco3)cc(C(=O)N(CC3CCCO3)c3nc4ccccc4s3)c12. The highest BCUT2D eigenvalue weighted by Crippen LogP contribution is 2.33. The number of benzene rings is 1. The molecule has 6 rings (SSSR count). The zero-order chi connectivity index (χ0) is 23.2. The number of hydrogen-bond donors (Lipinski definition) is 0. The van der Waals surface area contributed by atoms with Crippen molar-refractivity contribution in [3.05, 3.63) is 60.0 Å². The van der Waals surface area contributed by atoms with Crippen molar-refractivity contribution in [3.8, 4) is 11.5 Å². The summed E-state index contributed by atoms with van der Waals surface area (Å²) in [5.41, 5.74) is 3.38. The molecule has 5 heterocycles. The number of nitrogens with zero attached hydrogens (tertiary/aromatic N) is 5. The Morgan fingerprint density at radius 2 is 2.12 bits per heavy atom. The van der Waals surface area contributed by atoms with Crippen LogP contribution in [-0.2, 0) is 11.8 Å². The molecule has 1 unspecified atom stereocenters. The highest BCUT2D eigenvalue weighted by atomic mass is 32.1. The fraction of sp³-hybridized carbons (Fsp3) is 0.280. The summed E-state index contributed by atoms with van der Waals surface area (Å²) in [6, 6.07) is 13.4. The Morgan fingerprint density at radius 1 is 1.24 bits per heavy atom. The Hall–Kier alpha value is -3.56. The molecule has 0 radical (unpaired) electrons. The van der Waals surface area contributed by atoms with Gasteiger partial charge >= 0.3 is 0 Å². The van der Waals surface area contributed by atoms with Crippen LogP contribution in [0.15, 0.2) is 53.1 Å². The van der Waals surface area contributed by atoms with Crippen LogP contribution < -0.4 is 4.90 Å². The average molecular weight is 474 g/mol. The largest absolute Gasteiger partial charge is 0.463 e. The number of furan rings is 1. The van der Waals surface area contributed by atoms with Crippen LogP contribution >= 0.6 is 11.3 Å². The molecule has 1 amide bonds. The number of para-hydroxylation sites is 1. The number of carbonyl (C=O) groups is 1. The predicted molar refractivity (Wildman–Crippen MR) is 131 cm³/mol. The predicted octanol–water partition coefficient (Wildman–Crippen LogP) is 4.97. The van der Waals surface area contributed by atoms with Crippen LogP contribution in [0.2, 0.25) is 0 Å². The molecular formula is C25H23N5O3S. The van der Waals surface area contributed by atoms with Gasteiger partial charge < -0.3 is 9.15 Å². The lowest BCUT2D eigenvalue weighted by Gasteiger charge is -2.23. The number of hydrogen-bond acceptors (Lipinski definition) is 7. The number of ether oxygens (including phenoxy) is 1. The lowest BCUT2D eigenvalue weighted by molar-refractivity contribution is 0.0918. The molecule has 9 heteroatoms. The number of fused-ring (bicyclic) bond motifs is 2. The third-order valence-electron chi connectivity index (χ3n) is 6.14. The quantitative estimate of drug-likeness (QED) is 0.358. The first-order chi connectivity index (χ1) is 16.6. The summed E-state index contributed by atoms with van der Waals surface area (Å²) in [5, 5.41) is 5.94. The van der Waals surface area contributed by atoms with E-state index in [4.69, 9.17) is 19.1 Å². The van der Waals surface area contributed by atoms with Gasteiger partial charge in [-0.3, -0.25) is 14.4 Å². The topological polar surface area (TPSA) is 86.3 Å². The summed E-state index contributed by atoms with van der Waals surface area (Å²) in [4.78, 5) is 25.6. The highest BCUT2D eigenvalue weighted by Gasteiger charge is 2.30. The standard InChI is InChI=1S/C25H23N5O3S/c1-15-22-17(13-19(20-9-6-12-33-20)26-23(22)29(2)28-15)24(31)30(14-16-7-5-11-32-16)25-27-18-8-3-4-10-21(18)34-25/h3-4,6,8-10,12-13,16H,5,7,11,14H2,1-2H3. The first kappa shape index (κ1) is 21.0. The maximum atomic E-state index is 14.2. The maximum absolute atomic E-state index is 14.2. The van der Waals surface area contributed by atoms with E-state index in [0.717, 1.165) is 40.7 Å². The zero-order valence-electron chi connectivity index (χ0n) is 18.9. The summed E-state index contributed by atoms with van der Waals surface area (Å²) in [7, 11) is 1.83. The minimum absolute atomic E-state index is 0.0205. The Morgan fingerprint density at radius 3 is 2.88 bits per heavy atom. The smallest absolute Gasteiger partial charge is 0.261 e. The third kappa shape index (κ3) is 3.57. The number of anilines is 1. The van der Waals surface area contributed by atoms with Crippen LogP contribution in [0.5, 0.6) is 0 Å². The van der Waals surface area contributed by atoms with Crippen molar-refractivity contribution >= 4 is 43.6 Å². The highest BCUT2D eigenvalue weighted by molar-refractivity contribution is 7.22. The molecule has 0 aliphatic carbocycles. The molecule has 8 nitrogen and oxygen atoms in total. The van der Waals surface area contributed by atoms with E-state index in [-0.39, 0.29) is 12.0 Å². The van der Waals surface area contributed by atoms with Gasteiger partial charge in [-0.2, -0.15) is 5.10 Å². The lowest BCUT2D eigenvalue weighted by Crippen LogP contribution is -2.37. The van der Waals surface area contributed by atoms with Crippen molar-refractivity contribution in [1.82, 2.24) is 19.7 Å². The van der Waals surface area contributed by atoms with E-state index in [1.54, 1.807) is 21.9 Å². The fourth-order valence-electron chi connectivity index (χ4n) is 4.52. The molecule has 0 spiro atoms. The molecule has 1 aromatic carbocycles. The third-order valence-corrected chi connectivity index (χ3v) is 7.20. The summed E-state index contributed by atoms with van der Waals surface area (Å²) in [6.45, 7) is 3.06. The van der Waals surface area contributed by atoms with Crippen molar-refractivity contribution in [2.24, 2.45) is 7.05 Å². The second-order valence-corrected chi connectivity index (χ2v) is 9.46. The van der Waals surface area contributed by atoms with E-state index in [0.29, 0.717) is 34.3 Å². The van der Waals surface area contributed by atoms with Crippen LogP contribution in [0.3, 0.4) is 0 Å². The molecular weight excluding hydrogens is 450 g/mol. The number of carbonyl (C=O) groups excluding carboxylic acids is 1. The fourth-order valence-corrected chi connectivity index (χ4v) is 5.50. The normalized spacial score (nSPS) is 16.0. The minimum atomic E-state index is -0.147. The lowest BCUT2D eigenvalue weighted by atomic mass is 10.1. The van der Waals surface area contributed by atoms with Crippen molar-refractivity contribution in [3.63, 3.8) is 0 Å². The monoisotopic (exact) mass is 473 g/mol. The van der Waals surface area contributed by atoms with Gasteiger partial charge in [0, 0.05) is 13.7 Å². The molecule has 0 bridgehead atoms. The number of thiazole rings is 1. The molecule has 34 heavy (non-hydrogen) atoms. The van der Waals surface area contributed by atoms with E-state index in [1.165, 1.54) is 11.3 Å². The van der Waals surface area contributed by atoms with Crippen molar-refractivity contribution in [2.45, 2.75) is 25.9 Å². The average Bonchev–Trinajstić information content (AvgIpc) is 3.64. The molecule has 5 aromatic rings. The van der Waals surface area contributed by atoms with Crippen LogP contribution in [0, 0.1) is 6.92 Å². The number of aromatic nitrogens is 4. The Kier molecular flexibility index (Phi) is 5.15. The number of pyridine rings is 1. The Balaban J connectivity index is 1.51. The van der Waals surface area contributed by atoms with Gasteiger partial charge in [-0.1, -0.05) is 23.5 Å². The first-order valence-corrected chi connectivity index (χ1v) is 12.1. The molecule has 1 aliphatic heterocycles. The number of aryl methyl sites for hydroxylation is 2. The second-order valence-electron chi connectivity index (χ2n) is 8.45. The molecule has 0 saturated carbocycles. The van der Waals surface area contributed by atoms with Crippen LogP contribution in [0.25, 0.3) is 32.7 Å². The molecule has 172 valence electrons. The molecule has 1 fully saturated rings. The second kappa shape index (κ2) is 8.34. The van der Waals surface area contributed by atoms with E-state index in [2.05, 4.69) is 5.10 Å². The van der Waals surface area contributed by atoms with Gasteiger partial charge in [0.1, 0.15) is 5.69 Å². The molecule has 4 aromatic heterocycles. The van der Waals surface area contributed by atoms with Crippen molar-refractivity contribution in [2.75, 3.05) is 18.1 Å². The van der Waals surface area contributed by atoms with Crippen LogP contribution in [-0.4, -0.2) is 44.9 Å². The van der Waals surface area contributed by atoms with E-state index in [9.17, 15) is 4.79 Å². The van der Waals surface area contributed by atoms with Gasteiger partial charge in [-0.25, -0.2) is 9.97 Å². The van der Waals surface area contributed by atoms with Crippen molar-refractivity contribution < 1.29 is 13.9 Å². The summed E-state index contributed by atoms with van der Waals surface area (Å²) >= 11 is 1.51. The molecule has 1 aliphatic rings. The zero-order valence-corrected chi connectivity index (χ0v) is 19.7. The van der Waals surface area contributed by atoms with E-state index < -0.39 is 0 Å². The molecule has 1 atom stereocenters. The maximum Gasteiger partial charge on any atom is 0.261 e. The van der Waals surface area contributed by atoms with E-state index in [1.807, 2.05) is 50.4 Å². The first-order valence-electron chi connectivity index (χ1n) is 11.3. The van der Waals surface area contributed by atoms with Gasteiger partial charge in [0.25, 0.3) is 5.91 Å². The minimum Gasteiger partial charge on any atom is -0.463 e. The summed E-state index contributed by atoms with van der Waals surface area (Å²) < 4.78 is 14.2.